The molecule has 144 valence electrons. The molecular formula is C21H28N4O2. The Hall–Kier alpha value is -2.18. The Labute approximate surface area is 160 Å². The van der Waals surface area contributed by atoms with Gasteiger partial charge in [0.15, 0.2) is 5.60 Å². The van der Waals surface area contributed by atoms with E-state index in [1.165, 1.54) is 11.1 Å². The molecule has 1 amide bonds. The lowest BCUT2D eigenvalue weighted by atomic mass is 9.86. The SMILES string of the molecule is Cc1ccc(CN2C[C@@H](c3ccnn3C(C)C)[C@]3(C2)OCCNC3=O)cc1. The number of aryl methyl sites for hydroxylation is 1. The zero-order valence-corrected chi connectivity index (χ0v) is 16.3. The van der Waals surface area contributed by atoms with E-state index in [4.69, 9.17) is 4.74 Å². The van der Waals surface area contributed by atoms with Crippen LogP contribution in [0.5, 0.6) is 0 Å². The van der Waals surface area contributed by atoms with Crippen LogP contribution in [-0.2, 0) is 16.1 Å². The molecular weight excluding hydrogens is 340 g/mol. The van der Waals surface area contributed by atoms with Crippen molar-refractivity contribution in [3.8, 4) is 0 Å². The first-order chi connectivity index (χ1) is 13.0. The van der Waals surface area contributed by atoms with Gasteiger partial charge in [-0.1, -0.05) is 29.8 Å². The molecule has 6 heteroatoms. The lowest BCUT2D eigenvalue weighted by Crippen LogP contribution is -2.59. The molecule has 1 aromatic carbocycles. The predicted octanol–water partition coefficient (Wildman–Crippen LogP) is 2.26. The Morgan fingerprint density at radius 2 is 2.07 bits per heavy atom. The lowest BCUT2D eigenvalue weighted by molar-refractivity contribution is -0.155. The van der Waals surface area contributed by atoms with E-state index >= 15 is 0 Å². The first kappa shape index (κ1) is 18.2. The number of hydrogen-bond donors (Lipinski definition) is 1. The van der Waals surface area contributed by atoms with Gasteiger partial charge in [-0.15, -0.1) is 0 Å². The predicted molar refractivity (Wildman–Crippen MR) is 104 cm³/mol. The molecule has 0 aliphatic carbocycles. The Morgan fingerprint density at radius 3 is 2.78 bits per heavy atom. The van der Waals surface area contributed by atoms with Crippen molar-refractivity contribution in [1.82, 2.24) is 20.0 Å². The van der Waals surface area contributed by atoms with E-state index in [-0.39, 0.29) is 17.9 Å². The van der Waals surface area contributed by atoms with Crippen molar-refractivity contribution in [2.45, 2.75) is 44.9 Å². The third-order valence-electron chi connectivity index (χ3n) is 5.67. The van der Waals surface area contributed by atoms with Gasteiger partial charge < -0.3 is 10.1 Å². The van der Waals surface area contributed by atoms with E-state index in [2.05, 4.69) is 60.4 Å². The monoisotopic (exact) mass is 368 g/mol. The second-order valence-electron chi connectivity index (χ2n) is 8.00. The van der Waals surface area contributed by atoms with E-state index in [0.29, 0.717) is 19.7 Å². The zero-order valence-electron chi connectivity index (χ0n) is 16.3. The molecule has 0 unspecified atom stereocenters. The minimum absolute atomic E-state index is 0.00154. The van der Waals surface area contributed by atoms with Gasteiger partial charge in [-0.2, -0.15) is 5.10 Å². The minimum atomic E-state index is -0.838. The van der Waals surface area contributed by atoms with E-state index in [1.54, 1.807) is 0 Å². The maximum absolute atomic E-state index is 13.0. The quantitative estimate of drug-likeness (QED) is 0.899. The van der Waals surface area contributed by atoms with E-state index < -0.39 is 5.60 Å². The molecule has 2 aliphatic heterocycles. The number of hydrogen-bond acceptors (Lipinski definition) is 4. The summed E-state index contributed by atoms with van der Waals surface area (Å²) in [6, 6.07) is 10.9. The molecule has 2 saturated heterocycles. The number of carbonyl (C=O) groups is 1. The van der Waals surface area contributed by atoms with Crippen molar-refractivity contribution in [1.29, 1.82) is 0 Å². The summed E-state index contributed by atoms with van der Waals surface area (Å²) in [5.41, 5.74) is 2.75. The summed E-state index contributed by atoms with van der Waals surface area (Å²) in [7, 11) is 0. The van der Waals surface area contributed by atoms with Crippen LogP contribution in [-0.4, -0.2) is 52.4 Å². The van der Waals surface area contributed by atoms with Gasteiger partial charge in [-0.05, 0) is 32.4 Å². The fraction of sp³-hybridized carbons (Fsp3) is 0.524. The smallest absolute Gasteiger partial charge is 0.254 e. The number of nitrogens with one attached hydrogen (secondary N) is 1. The van der Waals surface area contributed by atoms with E-state index in [9.17, 15) is 4.79 Å². The van der Waals surface area contributed by atoms with Gasteiger partial charge in [0.05, 0.1) is 12.5 Å². The van der Waals surface area contributed by atoms with Crippen LogP contribution in [0.4, 0.5) is 0 Å². The molecule has 1 N–H and O–H groups in total. The molecule has 0 saturated carbocycles. The number of nitrogens with zero attached hydrogens (tertiary/aromatic N) is 3. The van der Waals surface area contributed by atoms with Crippen LogP contribution >= 0.6 is 0 Å². The number of morpholine rings is 1. The first-order valence-electron chi connectivity index (χ1n) is 9.73. The summed E-state index contributed by atoms with van der Waals surface area (Å²) >= 11 is 0. The Balaban J connectivity index is 1.66. The lowest BCUT2D eigenvalue weighted by Gasteiger charge is -2.37. The van der Waals surface area contributed by atoms with Crippen LogP contribution < -0.4 is 5.32 Å². The van der Waals surface area contributed by atoms with Crippen LogP contribution in [0.3, 0.4) is 0 Å². The van der Waals surface area contributed by atoms with Crippen molar-refractivity contribution in [3.63, 3.8) is 0 Å². The topological polar surface area (TPSA) is 59.4 Å². The standard InChI is InChI=1S/C21H28N4O2/c1-15(2)25-19(8-9-23-25)18-13-24(12-17-6-4-16(3)5-7-17)14-21(18)20(26)22-10-11-27-21/h4-9,15,18H,10-14H2,1-3H3,(H,22,26)/t18-,21-/m0/s1. The molecule has 1 aromatic heterocycles. The Morgan fingerprint density at radius 1 is 1.30 bits per heavy atom. The van der Waals surface area contributed by atoms with Crippen LogP contribution in [0.1, 0.15) is 42.6 Å². The molecule has 0 bridgehead atoms. The third-order valence-corrected chi connectivity index (χ3v) is 5.67. The molecule has 2 fully saturated rings. The van der Waals surface area contributed by atoms with Gasteiger partial charge in [0, 0.05) is 44.1 Å². The van der Waals surface area contributed by atoms with Crippen LogP contribution in [0, 0.1) is 6.92 Å². The Kier molecular flexibility index (Phi) is 4.78. The molecule has 2 atom stereocenters. The Bertz CT molecular complexity index is 814. The number of benzene rings is 1. The normalized spacial score (nSPS) is 26.1. The highest BCUT2D eigenvalue weighted by atomic mass is 16.5. The maximum atomic E-state index is 13.0. The fourth-order valence-electron chi connectivity index (χ4n) is 4.34. The summed E-state index contributed by atoms with van der Waals surface area (Å²) in [4.78, 5) is 15.3. The summed E-state index contributed by atoms with van der Waals surface area (Å²) < 4.78 is 8.22. The average Bonchev–Trinajstić information content (AvgIpc) is 3.25. The zero-order chi connectivity index (χ0) is 19.0. The van der Waals surface area contributed by atoms with Gasteiger partial charge in [0.25, 0.3) is 5.91 Å². The first-order valence-corrected chi connectivity index (χ1v) is 9.73. The second kappa shape index (κ2) is 7.09. The summed E-state index contributed by atoms with van der Waals surface area (Å²) in [6.07, 6.45) is 1.83. The van der Waals surface area contributed by atoms with Crippen LogP contribution in [0.15, 0.2) is 36.5 Å². The average molecular weight is 368 g/mol. The van der Waals surface area contributed by atoms with Gasteiger partial charge in [0.1, 0.15) is 0 Å². The molecule has 0 radical (unpaired) electrons. The number of likely N-dealkylation sites (tertiary alicyclic amines) is 1. The number of ether oxygens (including phenoxy) is 1. The van der Waals surface area contributed by atoms with Gasteiger partial charge in [0.2, 0.25) is 0 Å². The van der Waals surface area contributed by atoms with Gasteiger partial charge >= 0.3 is 0 Å². The van der Waals surface area contributed by atoms with Crippen molar-refractivity contribution in [2.24, 2.45) is 0 Å². The van der Waals surface area contributed by atoms with E-state index in [0.717, 1.165) is 18.8 Å². The summed E-state index contributed by atoms with van der Waals surface area (Å²) in [5.74, 6) is -0.0326. The van der Waals surface area contributed by atoms with Crippen molar-refractivity contribution in [2.75, 3.05) is 26.2 Å². The second-order valence-corrected chi connectivity index (χ2v) is 8.00. The highest BCUT2D eigenvalue weighted by Crippen LogP contribution is 2.41. The van der Waals surface area contributed by atoms with Crippen LogP contribution in [0.2, 0.25) is 0 Å². The summed E-state index contributed by atoms with van der Waals surface area (Å²) in [6.45, 7) is 9.64. The highest BCUT2D eigenvalue weighted by Gasteiger charge is 2.56. The third kappa shape index (κ3) is 3.28. The number of amides is 1. The highest BCUT2D eigenvalue weighted by molar-refractivity contribution is 5.88. The number of rotatable bonds is 4. The number of aromatic nitrogens is 2. The van der Waals surface area contributed by atoms with Gasteiger partial charge in [-0.3, -0.25) is 14.4 Å². The molecule has 27 heavy (non-hydrogen) atoms. The van der Waals surface area contributed by atoms with Crippen LogP contribution in [0.25, 0.3) is 0 Å². The van der Waals surface area contributed by atoms with E-state index in [1.807, 2.05) is 16.9 Å². The van der Waals surface area contributed by atoms with Crippen molar-refractivity contribution >= 4 is 5.91 Å². The minimum Gasteiger partial charge on any atom is -0.361 e. The van der Waals surface area contributed by atoms with Crippen molar-refractivity contribution in [3.05, 3.63) is 53.3 Å². The number of carbonyl (C=O) groups excluding carboxylic acids is 1. The molecule has 2 aliphatic rings. The molecule has 6 nitrogen and oxygen atoms in total. The largest absolute Gasteiger partial charge is 0.361 e. The van der Waals surface area contributed by atoms with Gasteiger partial charge in [-0.25, -0.2) is 0 Å². The van der Waals surface area contributed by atoms with Crippen molar-refractivity contribution < 1.29 is 9.53 Å². The summed E-state index contributed by atoms with van der Waals surface area (Å²) in [5, 5.41) is 7.52. The molecule has 4 rings (SSSR count). The fourth-order valence-corrected chi connectivity index (χ4v) is 4.34. The maximum Gasteiger partial charge on any atom is 0.254 e. The molecule has 1 spiro atoms. The molecule has 2 aromatic rings. The molecule has 3 heterocycles.